The number of tetrazole rings is 1. The number of pyridine rings is 1. The molecule has 2 heterocycles. The van der Waals surface area contributed by atoms with Gasteiger partial charge in [-0.1, -0.05) is 12.1 Å². The number of H-pyrrole nitrogens is 1. The maximum Gasteiger partial charge on any atom is 0.229 e. The Hall–Kier alpha value is -2.81. The quantitative estimate of drug-likeness (QED) is 0.745. The van der Waals surface area contributed by atoms with Crippen LogP contribution in [0.1, 0.15) is 0 Å². The van der Waals surface area contributed by atoms with Crippen LogP contribution in [0.25, 0.3) is 22.8 Å². The van der Waals surface area contributed by atoms with Gasteiger partial charge in [-0.25, -0.2) is 18.5 Å². The normalized spacial score (nSPS) is 11.3. The molecule has 0 unspecified atom stereocenters. The minimum absolute atomic E-state index is 0.452. The minimum Gasteiger partial charge on any atom is -0.284 e. The van der Waals surface area contributed by atoms with Gasteiger partial charge >= 0.3 is 0 Å². The zero-order chi connectivity index (χ0) is 15.6. The number of rotatable bonds is 4. The van der Waals surface area contributed by atoms with E-state index < -0.39 is 10.0 Å². The van der Waals surface area contributed by atoms with Crippen LogP contribution in [0, 0.1) is 6.07 Å². The van der Waals surface area contributed by atoms with E-state index in [1.165, 1.54) is 0 Å². The highest BCUT2D eigenvalue weighted by atomic mass is 32.2. The van der Waals surface area contributed by atoms with Gasteiger partial charge in [-0.05, 0) is 40.8 Å². The zero-order valence-corrected chi connectivity index (χ0v) is 12.3. The van der Waals surface area contributed by atoms with Gasteiger partial charge in [0.25, 0.3) is 0 Å². The number of anilines is 1. The number of nitrogens with one attached hydrogen (secondary N) is 2. The second-order valence-electron chi connectivity index (χ2n) is 4.54. The van der Waals surface area contributed by atoms with Crippen molar-refractivity contribution in [2.45, 2.75) is 0 Å². The summed E-state index contributed by atoms with van der Waals surface area (Å²) in [5, 5.41) is 13.4. The zero-order valence-electron chi connectivity index (χ0n) is 11.5. The maximum atomic E-state index is 11.2. The van der Waals surface area contributed by atoms with Crippen LogP contribution in [-0.4, -0.2) is 40.3 Å². The van der Waals surface area contributed by atoms with Gasteiger partial charge in [-0.3, -0.25) is 4.72 Å². The van der Waals surface area contributed by atoms with Crippen LogP contribution in [0.2, 0.25) is 0 Å². The Morgan fingerprint density at radius 3 is 2.50 bits per heavy atom. The fourth-order valence-corrected chi connectivity index (χ4v) is 2.42. The maximum absolute atomic E-state index is 11.2. The average Bonchev–Trinajstić information content (AvgIpc) is 3.01. The standard InChI is InChI=1S/C13H11N6O2S/c1-22(20,21)17-10-7-5-9(6-8-10)11-3-2-4-12(14-11)13-15-18-19-16-13/h3-8,17H,1H3,(H,15,16,18,19). The lowest BCUT2D eigenvalue weighted by molar-refractivity contribution is 0.607. The third-order valence-electron chi connectivity index (χ3n) is 2.75. The molecule has 0 amide bonds. The van der Waals surface area contributed by atoms with Gasteiger partial charge < -0.3 is 0 Å². The summed E-state index contributed by atoms with van der Waals surface area (Å²) < 4.78 is 24.8. The number of hydrogen-bond acceptors (Lipinski definition) is 6. The van der Waals surface area contributed by atoms with Crippen molar-refractivity contribution in [3.05, 3.63) is 42.5 Å². The molecule has 0 saturated carbocycles. The van der Waals surface area contributed by atoms with E-state index >= 15 is 0 Å². The Kier molecular flexibility index (Phi) is 3.55. The van der Waals surface area contributed by atoms with Crippen molar-refractivity contribution in [1.29, 1.82) is 0 Å². The molecule has 0 saturated heterocycles. The third kappa shape index (κ3) is 3.26. The first-order valence-electron chi connectivity index (χ1n) is 6.22. The van der Waals surface area contributed by atoms with Gasteiger partial charge in [-0.15, -0.1) is 5.10 Å². The lowest BCUT2D eigenvalue weighted by Gasteiger charge is -2.06. The highest BCUT2D eigenvalue weighted by Crippen LogP contribution is 2.22. The molecule has 1 radical (unpaired) electrons. The molecule has 111 valence electrons. The summed E-state index contributed by atoms with van der Waals surface area (Å²) in [5.41, 5.74) is 2.57. The molecule has 8 nitrogen and oxygen atoms in total. The number of sulfonamides is 1. The Balaban J connectivity index is 1.90. The van der Waals surface area contributed by atoms with Crippen LogP contribution >= 0.6 is 0 Å². The van der Waals surface area contributed by atoms with E-state index in [4.69, 9.17) is 0 Å². The van der Waals surface area contributed by atoms with Crippen molar-refractivity contribution in [2.24, 2.45) is 0 Å². The highest BCUT2D eigenvalue weighted by Gasteiger charge is 2.07. The largest absolute Gasteiger partial charge is 0.284 e. The number of aromatic amines is 1. The van der Waals surface area contributed by atoms with E-state index in [0.717, 1.165) is 11.8 Å². The predicted molar refractivity (Wildman–Crippen MR) is 80.1 cm³/mol. The molecule has 3 rings (SSSR count). The van der Waals surface area contributed by atoms with Gasteiger partial charge in [-0.2, -0.15) is 0 Å². The van der Waals surface area contributed by atoms with Gasteiger partial charge in [0.05, 0.1) is 11.9 Å². The van der Waals surface area contributed by atoms with Gasteiger partial charge in [0.15, 0.2) is 5.82 Å². The number of hydrogen-bond donors (Lipinski definition) is 2. The SMILES string of the molecule is CS(=O)(=O)Nc1ccc(-c2c[c]cc(-c3nnn[nH]3)n2)cc1. The average molecular weight is 315 g/mol. The minimum atomic E-state index is -3.29. The van der Waals surface area contributed by atoms with Crippen molar-refractivity contribution >= 4 is 15.7 Å². The molecule has 3 aromatic rings. The van der Waals surface area contributed by atoms with E-state index in [-0.39, 0.29) is 0 Å². The van der Waals surface area contributed by atoms with Crippen molar-refractivity contribution in [3.8, 4) is 22.8 Å². The summed E-state index contributed by atoms with van der Waals surface area (Å²) in [4.78, 5) is 4.45. The summed E-state index contributed by atoms with van der Waals surface area (Å²) in [5.74, 6) is 0.452. The lowest BCUT2D eigenvalue weighted by atomic mass is 10.1. The summed E-state index contributed by atoms with van der Waals surface area (Å²) in [7, 11) is -3.29. The van der Waals surface area contributed by atoms with Crippen LogP contribution in [0.15, 0.2) is 36.4 Å². The summed E-state index contributed by atoms with van der Waals surface area (Å²) >= 11 is 0. The number of benzene rings is 1. The Labute approximate surface area is 126 Å². The molecule has 9 heteroatoms. The van der Waals surface area contributed by atoms with Crippen molar-refractivity contribution in [3.63, 3.8) is 0 Å². The van der Waals surface area contributed by atoms with Crippen LogP contribution < -0.4 is 4.72 Å². The summed E-state index contributed by atoms with van der Waals surface area (Å²) in [6, 6.07) is 13.3. The molecule has 2 N–H and O–H groups in total. The molecule has 0 atom stereocenters. The smallest absolute Gasteiger partial charge is 0.229 e. The summed E-state index contributed by atoms with van der Waals surface area (Å²) in [6.07, 6.45) is 1.10. The van der Waals surface area contributed by atoms with Gasteiger partial charge in [0.2, 0.25) is 10.0 Å². The highest BCUT2D eigenvalue weighted by molar-refractivity contribution is 7.92. The van der Waals surface area contributed by atoms with Crippen molar-refractivity contribution in [1.82, 2.24) is 25.6 Å². The van der Waals surface area contributed by atoms with Crippen LogP contribution in [0.5, 0.6) is 0 Å². The molecule has 0 fully saturated rings. The Morgan fingerprint density at radius 1 is 1.14 bits per heavy atom. The number of aromatic nitrogens is 5. The topological polar surface area (TPSA) is 114 Å². The molecule has 22 heavy (non-hydrogen) atoms. The monoisotopic (exact) mass is 315 g/mol. The molecule has 0 bridgehead atoms. The van der Waals surface area contributed by atoms with Crippen LogP contribution in [0.3, 0.4) is 0 Å². The van der Waals surface area contributed by atoms with Gasteiger partial charge in [0.1, 0.15) is 5.69 Å². The summed E-state index contributed by atoms with van der Waals surface area (Å²) in [6.45, 7) is 0. The van der Waals surface area contributed by atoms with Crippen molar-refractivity contribution in [2.75, 3.05) is 11.0 Å². The van der Waals surface area contributed by atoms with Crippen LogP contribution in [0.4, 0.5) is 5.69 Å². The molecule has 0 aliphatic rings. The molecule has 2 aromatic heterocycles. The van der Waals surface area contributed by atoms with E-state index in [2.05, 4.69) is 36.4 Å². The molecule has 0 aliphatic carbocycles. The molecule has 0 spiro atoms. The molecule has 1 aromatic carbocycles. The Morgan fingerprint density at radius 2 is 1.86 bits per heavy atom. The fraction of sp³-hybridized carbons (Fsp3) is 0.0769. The first kappa shape index (κ1) is 14.1. The first-order valence-corrected chi connectivity index (χ1v) is 8.11. The lowest BCUT2D eigenvalue weighted by Crippen LogP contribution is -2.09. The van der Waals surface area contributed by atoms with E-state index in [0.29, 0.717) is 22.9 Å². The second kappa shape index (κ2) is 5.53. The van der Waals surface area contributed by atoms with E-state index in [1.54, 1.807) is 36.4 Å². The van der Waals surface area contributed by atoms with Gasteiger partial charge in [0, 0.05) is 11.3 Å². The Bertz CT molecular complexity index is 875. The molecular formula is C13H11N6O2S. The van der Waals surface area contributed by atoms with Crippen LogP contribution in [-0.2, 0) is 10.0 Å². The molecular weight excluding hydrogens is 304 g/mol. The van der Waals surface area contributed by atoms with E-state index in [1.807, 2.05) is 0 Å². The fourth-order valence-electron chi connectivity index (χ4n) is 1.85. The number of nitrogens with zero attached hydrogens (tertiary/aromatic N) is 4. The first-order chi connectivity index (χ1) is 10.5. The molecule has 0 aliphatic heterocycles. The second-order valence-corrected chi connectivity index (χ2v) is 6.29. The predicted octanol–water partition coefficient (Wildman–Crippen LogP) is 1.10. The third-order valence-corrected chi connectivity index (χ3v) is 3.36. The van der Waals surface area contributed by atoms with Crippen molar-refractivity contribution < 1.29 is 8.42 Å². The van der Waals surface area contributed by atoms with E-state index in [9.17, 15) is 8.42 Å².